The van der Waals surface area contributed by atoms with Gasteiger partial charge >= 0.3 is 0 Å². The van der Waals surface area contributed by atoms with Crippen molar-refractivity contribution >= 4 is 5.91 Å². The Bertz CT molecular complexity index is 426. The van der Waals surface area contributed by atoms with E-state index in [4.69, 9.17) is 5.73 Å². The summed E-state index contributed by atoms with van der Waals surface area (Å²) in [5.74, 6) is 0.0986. The Hall–Kier alpha value is -1.35. The highest BCUT2D eigenvalue weighted by atomic mass is 16.2. The molecule has 1 saturated carbocycles. The van der Waals surface area contributed by atoms with Crippen LogP contribution in [0.25, 0.3) is 0 Å². The highest BCUT2D eigenvalue weighted by Gasteiger charge is 2.34. The van der Waals surface area contributed by atoms with E-state index in [-0.39, 0.29) is 11.9 Å². The van der Waals surface area contributed by atoms with E-state index in [1.165, 1.54) is 11.1 Å². The molecule has 1 amide bonds. The van der Waals surface area contributed by atoms with Gasteiger partial charge in [0.1, 0.15) is 0 Å². The third-order valence-electron chi connectivity index (χ3n) is 3.46. The number of nitrogens with zero attached hydrogens (tertiary/aromatic N) is 1. The van der Waals surface area contributed by atoms with E-state index >= 15 is 0 Å². The van der Waals surface area contributed by atoms with Crippen LogP contribution < -0.4 is 5.73 Å². The molecule has 2 N–H and O–H groups in total. The van der Waals surface area contributed by atoms with Crippen LogP contribution in [-0.2, 0) is 11.3 Å². The standard InChI is InChI=1S/C15H22N2O/c1-3-14(16)15(18)17(13-7-8-13)10-12-6-4-5-11(2)9-12/h4-6,9,13-14H,3,7-8,10,16H2,1-2H3. The second-order valence-corrected chi connectivity index (χ2v) is 5.20. The number of benzene rings is 1. The first-order valence-corrected chi connectivity index (χ1v) is 6.73. The van der Waals surface area contributed by atoms with Gasteiger partial charge < -0.3 is 10.6 Å². The van der Waals surface area contributed by atoms with E-state index in [0.717, 1.165) is 12.8 Å². The molecule has 1 fully saturated rings. The average Bonchev–Trinajstić information content (AvgIpc) is 3.18. The Labute approximate surface area is 109 Å². The molecule has 0 aromatic heterocycles. The molecule has 2 rings (SSSR count). The third-order valence-corrected chi connectivity index (χ3v) is 3.46. The predicted molar refractivity (Wildman–Crippen MR) is 73.0 cm³/mol. The Kier molecular flexibility index (Phi) is 4.02. The molecule has 1 aliphatic carbocycles. The molecule has 0 aliphatic heterocycles. The van der Waals surface area contributed by atoms with Crippen LogP contribution in [0.5, 0.6) is 0 Å². The summed E-state index contributed by atoms with van der Waals surface area (Å²) in [5.41, 5.74) is 8.30. The number of aryl methyl sites for hydroxylation is 1. The fourth-order valence-electron chi connectivity index (χ4n) is 2.17. The predicted octanol–water partition coefficient (Wildman–Crippen LogP) is 2.22. The van der Waals surface area contributed by atoms with E-state index in [1.807, 2.05) is 17.9 Å². The first kappa shape index (κ1) is 13.1. The fraction of sp³-hybridized carbons (Fsp3) is 0.533. The van der Waals surface area contributed by atoms with Crippen molar-refractivity contribution in [3.05, 3.63) is 35.4 Å². The van der Waals surface area contributed by atoms with E-state index in [2.05, 4.69) is 25.1 Å². The second-order valence-electron chi connectivity index (χ2n) is 5.20. The quantitative estimate of drug-likeness (QED) is 0.866. The SMILES string of the molecule is CCC(N)C(=O)N(Cc1cccc(C)c1)C1CC1. The number of carbonyl (C=O) groups is 1. The van der Waals surface area contributed by atoms with Gasteiger partial charge in [-0.2, -0.15) is 0 Å². The minimum Gasteiger partial charge on any atom is -0.334 e. The number of nitrogens with two attached hydrogens (primary N) is 1. The summed E-state index contributed by atoms with van der Waals surface area (Å²) < 4.78 is 0. The molecule has 98 valence electrons. The first-order chi connectivity index (χ1) is 8.61. The Morgan fingerprint density at radius 1 is 1.50 bits per heavy atom. The van der Waals surface area contributed by atoms with Gasteiger partial charge in [-0.15, -0.1) is 0 Å². The molecule has 1 aromatic rings. The van der Waals surface area contributed by atoms with Crippen LogP contribution in [0.2, 0.25) is 0 Å². The lowest BCUT2D eigenvalue weighted by atomic mass is 10.1. The van der Waals surface area contributed by atoms with Gasteiger partial charge in [-0.05, 0) is 31.7 Å². The minimum absolute atomic E-state index is 0.0986. The summed E-state index contributed by atoms with van der Waals surface area (Å²) in [6.45, 7) is 4.73. The van der Waals surface area contributed by atoms with Crippen molar-refractivity contribution in [3.8, 4) is 0 Å². The molecule has 0 radical (unpaired) electrons. The van der Waals surface area contributed by atoms with Crippen LogP contribution in [-0.4, -0.2) is 22.9 Å². The monoisotopic (exact) mass is 246 g/mol. The summed E-state index contributed by atoms with van der Waals surface area (Å²) in [4.78, 5) is 14.2. The van der Waals surface area contributed by atoms with E-state index in [9.17, 15) is 4.79 Å². The van der Waals surface area contributed by atoms with Gasteiger partial charge in [0.15, 0.2) is 0 Å². The normalized spacial score (nSPS) is 16.4. The van der Waals surface area contributed by atoms with Crippen LogP contribution in [0.4, 0.5) is 0 Å². The zero-order valence-electron chi connectivity index (χ0n) is 11.2. The maximum absolute atomic E-state index is 12.2. The summed E-state index contributed by atoms with van der Waals surface area (Å²) in [6.07, 6.45) is 2.94. The fourth-order valence-corrected chi connectivity index (χ4v) is 2.17. The van der Waals surface area contributed by atoms with E-state index < -0.39 is 0 Å². The van der Waals surface area contributed by atoms with Crippen molar-refractivity contribution in [2.24, 2.45) is 5.73 Å². The molecule has 1 aliphatic rings. The topological polar surface area (TPSA) is 46.3 Å². The maximum atomic E-state index is 12.2. The van der Waals surface area contributed by atoms with Crippen molar-refractivity contribution in [3.63, 3.8) is 0 Å². The van der Waals surface area contributed by atoms with E-state index in [1.54, 1.807) is 0 Å². The van der Waals surface area contributed by atoms with Crippen molar-refractivity contribution < 1.29 is 4.79 Å². The lowest BCUT2D eigenvalue weighted by molar-refractivity contribution is -0.133. The Balaban J connectivity index is 2.09. The summed E-state index contributed by atoms with van der Waals surface area (Å²) >= 11 is 0. The Morgan fingerprint density at radius 2 is 2.22 bits per heavy atom. The lowest BCUT2D eigenvalue weighted by Gasteiger charge is -2.25. The number of amides is 1. The second kappa shape index (κ2) is 5.53. The van der Waals surface area contributed by atoms with Gasteiger partial charge in [-0.1, -0.05) is 36.8 Å². The highest BCUT2D eigenvalue weighted by Crippen LogP contribution is 2.29. The zero-order chi connectivity index (χ0) is 13.1. The van der Waals surface area contributed by atoms with Crippen molar-refractivity contribution in [2.45, 2.75) is 51.7 Å². The number of hydrogen-bond donors (Lipinski definition) is 1. The minimum atomic E-state index is -0.351. The van der Waals surface area contributed by atoms with Gasteiger partial charge in [-0.25, -0.2) is 0 Å². The smallest absolute Gasteiger partial charge is 0.240 e. The van der Waals surface area contributed by atoms with Crippen LogP contribution in [0.1, 0.15) is 37.3 Å². The summed E-state index contributed by atoms with van der Waals surface area (Å²) in [7, 11) is 0. The van der Waals surface area contributed by atoms with Gasteiger partial charge in [0.2, 0.25) is 5.91 Å². The molecule has 1 atom stereocenters. The first-order valence-electron chi connectivity index (χ1n) is 6.73. The molecule has 1 aromatic carbocycles. The van der Waals surface area contributed by atoms with Crippen LogP contribution >= 0.6 is 0 Å². The highest BCUT2D eigenvalue weighted by molar-refractivity contribution is 5.82. The molecule has 3 nitrogen and oxygen atoms in total. The van der Waals surface area contributed by atoms with Gasteiger partial charge in [0.05, 0.1) is 6.04 Å². The van der Waals surface area contributed by atoms with Crippen molar-refractivity contribution in [2.75, 3.05) is 0 Å². The molecule has 0 heterocycles. The molecule has 0 bridgehead atoms. The number of hydrogen-bond acceptors (Lipinski definition) is 2. The number of carbonyl (C=O) groups excluding carboxylic acids is 1. The largest absolute Gasteiger partial charge is 0.334 e. The van der Waals surface area contributed by atoms with Gasteiger partial charge in [-0.3, -0.25) is 4.79 Å². The molecule has 0 spiro atoms. The molecule has 3 heteroatoms. The molecule has 1 unspecified atom stereocenters. The van der Waals surface area contributed by atoms with Crippen molar-refractivity contribution in [1.82, 2.24) is 4.90 Å². The molecule has 18 heavy (non-hydrogen) atoms. The lowest BCUT2D eigenvalue weighted by Crippen LogP contribution is -2.44. The van der Waals surface area contributed by atoms with Gasteiger partial charge in [0.25, 0.3) is 0 Å². The van der Waals surface area contributed by atoms with E-state index in [0.29, 0.717) is 19.0 Å². The van der Waals surface area contributed by atoms with Crippen LogP contribution in [0.15, 0.2) is 24.3 Å². The van der Waals surface area contributed by atoms with Gasteiger partial charge in [0, 0.05) is 12.6 Å². The average molecular weight is 246 g/mol. The summed E-state index contributed by atoms with van der Waals surface area (Å²) in [6, 6.07) is 8.39. The molecular formula is C15H22N2O. The molecule has 0 saturated heterocycles. The maximum Gasteiger partial charge on any atom is 0.240 e. The third kappa shape index (κ3) is 3.10. The zero-order valence-corrected chi connectivity index (χ0v) is 11.2. The van der Waals surface area contributed by atoms with Crippen LogP contribution in [0.3, 0.4) is 0 Å². The Morgan fingerprint density at radius 3 is 2.78 bits per heavy atom. The van der Waals surface area contributed by atoms with Crippen molar-refractivity contribution in [1.29, 1.82) is 0 Å². The molecular weight excluding hydrogens is 224 g/mol. The number of rotatable bonds is 5. The van der Waals surface area contributed by atoms with Crippen LogP contribution in [0, 0.1) is 6.92 Å². The summed E-state index contributed by atoms with van der Waals surface area (Å²) in [5, 5.41) is 0.